The number of halogens is 1. The zero-order valence-corrected chi connectivity index (χ0v) is 10.8. The molecule has 1 aliphatic rings. The molecule has 0 bridgehead atoms. The highest BCUT2D eigenvalue weighted by Crippen LogP contribution is 2.58. The summed E-state index contributed by atoms with van der Waals surface area (Å²) in [5, 5.41) is 0. The van der Waals surface area contributed by atoms with E-state index in [1.54, 1.807) is 0 Å². The summed E-state index contributed by atoms with van der Waals surface area (Å²) in [6, 6.07) is 8.92. The van der Waals surface area contributed by atoms with Gasteiger partial charge >= 0.3 is 0 Å². The van der Waals surface area contributed by atoms with Crippen molar-refractivity contribution in [2.24, 2.45) is 5.92 Å². The minimum atomic E-state index is 0.367. The fourth-order valence-electron chi connectivity index (χ4n) is 2.07. The second kappa shape index (κ2) is 3.37. The van der Waals surface area contributed by atoms with E-state index in [-0.39, 0.29) is 0 Å². The van der Waals surface area contributed by atoms with Crippen LogP contribution in [0.3, 0.4) is 0 Å². The summed E-state index contributed by atoms with van der Waals surface area (Å²) in [6.45, 7) is 8.51. The Hall–Kier alpha value is -0.310. The molecule has 0 aliphatic heterocycles. The van der Waals surface area contributed by atoms with Gasteiger partial charge in [-0.25, -0.2) is 0 Å². The van der Waals surface area contributed by atoms with E-state index >= 15 is 0 Å². The monoisotopic (exact) mass is 298 g/mol. The summed E-state index contributed by atoms with van der Waals surface area (Å²) >= 11 is 2.36. The van der Waals surface area contributed by atoms with Crippen LogP contribution in [0.1, 0.15) is 24.5 Å². The summed E-state index contributed by atoms with van der Waals surface area (Å²) in [5.74, 6) is 0.686. The lowest BCUT2D eigenvalue weighted by Crippen LogP contribution is -2.03. The zero-order chi connectivity index (χ0) is 10.3. The van der Waals surface area contributed by atoms with Crippen LogP contribution >= 0.6 is 22.6 Å². The van der Waals surface area contributed by atoms with E-state index in [0.717, 1.165) is 0 Å². The highest BCUT2D eigenvalue weighted by atomic mass is 127. The molecular weight excluding hydrogens is 283 g/mol. The third-order valence-electron chi connectivity index (χ3n) is 3.33. The Morgan fingerprint density at radius 2 is 2.00 bits per heavy atom. The molecule has 0 nitrogen and oxygen atoms in total. The first-order chi connectivity index (χ1) is 6.54. The Morgan fingerprint density at radius 1 is 1.43 bits per heavy atom. The van der Waals surface area contributed by atoms with Crippen LogP contribution in [0.5, 0.6) is 0 Å². The van der Waals surface area contributed by atoms with E-state index in [4.69, 9.17) is 0 Å². The molecule has 0 amide bonds. The van der Waals surface area contributed by atoms with Gasteiger partial charge in [0.25, 0.3) is 0 Å². The summed E-state index contributed by atoms with van der Waals surface area (Å²) in [4.78, 5) is 0. The normalized spacial score (nSPS) is 30.1. The maximum atomic E-state index is 4.04. The first kappa shape index (κ1) is 10.2. The molecule has 1 aromatic rings. The average molecular weight is 298 g/mol. The Balaban J connectivity index is 2.25. The minimum Gasteiger partial charge on any atom is -0.0894 e. The lowest BCUT2D eigenvalue weighted by Gasteiger charge is -2.11. The van der Waals surface area contributed by atoms with Crippen LogP contribution in [0, 0.1) is 12.8 Å². The largest absolute Gasteiger partial charge is 0.0894 e. The lowest BCUT2D eigenvalue weighted by atomic mass is 9.95. The van der Waals surface area contributed by atoms with E-state index in [9.17, 15) is 0 Å². The topological polar surface area (TPSA) is 0 Å². The van der Waals surface area contributed by atoms with E-state index < -0.39 is 0 Å². The molecule has 1 aromatic carbocycles. The average Bonchev–Trinajstić information content (AvgIpc) is 2.80. The Kier molecular flexibility index (Phi) is 2.46. The van der Waals surface area contributed by atoms with Gasteiger partial charge in [-0.2, -0.15) is 0 Å². The molecule has 1 heteroatoms. The molecule has 0 spiro atoms. The van der Waals surface area contributed by atoms with Gasteiger partial charge < -0.3 is 0 Å². The molecule has 0 heterocycles. The molecule has 2 atom stereocenters. The number of hydrogen-bond acceptors (Lipinski definition) is 0. The van der Waals surface area contributed by atoms with Crippen molar-refractivity contribution in [3.8, 4) is 0 Å². The molecule has 0 radical (unpaired) electrons. The molecule has 74 valence electrons. The lowest BCUT2D eigenvalue weighted by molar-refractivity contribution is 0.735. The molecular formula is C13H15I. The van der Waals surface area contributed by atoms with Gasteiger partial charge in [-0.1, -0.05) is 43.3 Å². The summed E-state index contributed by atoms with van der Waals surface area (Å²) in [5.41, 5.74) is 3.17. The first-order valence-corrected chi connectivity index (χ1v) is 6.03. The van der Waals surface area contributed by atoms with Crippen molar-refractivity contribution in [1.82, 2.24) is 0 Å². The van der Waals surface area contributed by atoms with Crippen molar-refractivity contribution < 1.29 is 0 Å². The van der Waals surface area contributed by atoms with Crippen LogP contribution in [0.25, 0.3) is 0 Å². The number of hydrogen-bond donors (Lipinski definition) is 0. The predicted molar refractivity (Wildman–Crippen MR) is 69.8 cm³/mol. The maximum Gasteiger partial charge on any atom is 0.000419 e. The van der Waals surface area contributed by atoms with Gasteiger partial charge in [0.05, 0.1) is 0 Å². The van der Waals surface area contributed by atoms with Crippen molar-refractivity contribution in [1.29, 1.82) is 0 Å². The fraction of sp³-hybridized carbons (Fsp3) is 0.385. The maximum absolute atomic E-state index is 4.04. The minimum absolute atomic E-state index is 0.367. The van der Waals surface area contributed by atoms with Gasteiger partial charge in [0.2, 0.25) is 0 Å². The quantitative estimate of drug-likeness (QED) is 0.717. The van der Waals surface area contributed by atoms with Crippen molar-refractivity contribution in [3.63, 3.8) is 0 Å². The fourth-order valence-corrected chi connectivity index (χ4v) is 2.98. The molecule has 0 saturated heterocycles. The van der Waals surface area contributed by atoms with E-state index in [0.29, 0.717) is 11.3 Å². The summed E-state index contributed by atoms with van der Waals surface area (Å²) in [6.07, 6.45) is 1.26. The third kappa shape index (κ3) is 1.62. The SMILES string of the molecule is C=C(I)[C@@H]1C[C@@]1(C)c1ccc(C)cc1. The molecule has 2 rings (SSSR count). The summed E-state index contributed by atoms with van der Waals surface area (Å²) < 4.78 is 1.30. The smallest absolute Gasteiger partial charge is 0.000419 e. The van der Waals surface area contributed by atoms with Crippen molar-refractivity contribution in [3.05, 3.63) is 45.6 Å². The van der Waals surface area contributed by atoms with Gasteiger partial charge in [0, 0.05) is 5.41 Å². The second-order valence-electron chi connectivity index (χ2n) is 4.49. The van der Waals surface area contributed by atoms with E-state index in [1.165, 1.54) is 21.1 Å². The Labute approximate surface area is 99.6 Å². The molecule has 1 aliphatic carbocycles. The van der Waals surface area contributed by atoms with E-state index in [1.807, 2.05) is 0 Å². The number of benzene rings is 1. The van der Waals surface area contributed by atoms with Gasteiger partial charge in [-0.05, 0) is 51.0 Å². The highest BCUT2D eigenvalue weighted by molar-refractivity contribution is 14.1. The standard InChI is InChI=1S/C13H15I/c1-9-4-6-11(7-5-9)13(3)8-12(13)10(2)14/h4-7,12H,2,8H2,1,3H3/t12-,13-/m0/s1. The zero-order valence-electron chi connectivity index (χ0n) is 8.68. The van der Waals surface area contributed by atoms with Crippen molar-refractivity contribution >= 4 is 22.6 Å². The van der Waals surface area contributed by atoms with Crippen LogP contribution in [-0.4, -0.2) is 0 Å². The molecule has 14 heavy (non-hydrogen) atoms. The second-order valence-corrected chi connectivity index (χ2v) is 5.87. The molecule has 0 unspecified atom stereocenters. The number of rotatable bonds is 2. The van der Waals surface area contributed by atoms with Crippen LogP contribution in [0.2, 0.25) is 0 Å². The Bertz CT molecular complexity index is 363. The van der Waals surface area contributed by atoms with Crippen LogP contribution < -0.4 is 0 Å². The van der Waals surface area contributed by atoms with Gasteiger partial charge in [0.15, 0.2) is 0 Å². The Morgan fingerprint density at radius 3 is 2.43 bits per heavy atom. The van der Waals surface area contributed by atoms with Crippen LogP contribution in [0.4, 0.5) is 0 Å². The summed E-state index contributed by atoms with van der Waals surface area (Å²) in [7, 11) is 0. The van der Waals surface area contributed by atoms with Crippen LogP contribution in [-0.2, 0) is 5.41 Å². The number of allylic oxidation sites excluding steroid dienone is 1. The molecule has 0 N–H and O–H groups in total. The van der Waals surface area contributed by atoms with Crippen molar-refractivity contribution in [2.75, 3.05) is 0 Å². The first-order valence-electron chi connectivity index (χ1n) is 4.95. The predicted octanol–water partition coefficient (Wildman–Crippen LogP) is 4.22. The van der Waals surface area contributed by atoms with Crippen LogP contribution in [0.15, 0.2) is 34.4 Å². The van der Waals surface area contributed by atoms with Crippen molar-refractivity contribution in [2.45, 2.75) is 25.7 Å². The van der Waals surface area contributed by atoms with E-state index in [2.05, 4.69) is 67.3 Å². The highest BCUT2D eigenvalue weighted by Gasteiger charge is 2.51. The number of aryl methyl sites for hydroxylation is 1. The van der Waals surface area contributed by atoms with Gasteiger partial charge in [-0.15, -0.1) is 0 Å². The third-order valence-corrected chi connectivity index (χ3v) is 4.08. The van der Waals surface area contributed by atoms with Gasteiger partial charge in [-0.3, -0.25) is 0 Å². The molecule has 1 fully saturated rings. The molecule has 0 aromatic heterocycles. The molecule has 1 saturated carbocycles. The van der Waals surface area contributed by atoms with Gasteiger partial charge in [0.1, 0.15) is 0 Å².